The summed E-state index contributed by atoms with van der Waals surface area (Å²) in [6, 6.07) is 9.27. The number of ether oxygens (including phenoxy) is 1. The van der Waals surface area contributed by atoms with E-state index in [4.69, 9.17) is 4.74 Å². The quantitative estimate of drug-likeness (QED) is 0.574. The summed E-state index contributed by atoms with van der Waals surface area (Å²) in [5, 5.41) is 5.66. The third kappa shape index (κ3) is 3.92. The maximum atomic E-state index is 13.2. The van der Waals surface area contributed by atoms with Gasteiger partial charge in [0, 0.05) is 29.9 Å². The van der Waals surface area contributed by atoms with E-state index in [2.05, 4.69) is 5.10 Å². The van der Waals surface area contributed by atoms with Gasteiger partial charge in [-0.3, -0.25) is 14.4 Å². The number of piperidine rings is 1. The molecule has 8 nitrogen and oxygen atoms in total. The van der Waals surface area contributed by atoms with Gasteiger partial charge in [0.15, 0.2) is 0 Å². The monoisotopic (exact) mass is 436 g/mol. The molecule has 1 fully saturated rings. The average Bonchev–Trinajstić information content (AvgIpc) is 3.05. The highest BCUT2D eigenvalue weighted by Gasteiger charge is 2.30. The van der Waals surface area contributed by atoms with E-state index >= 15 is 0 Å². The maximum Gasteiger partial charge on any atom is 0.310 e. The number of amides is 1. The van der Waals surface area contributed by atoms with Gasteiger partial charge in [-0.25, -0.2) is 0 Å². The van der Waals surface area contributed by atoms with Crippen molar-refractivity contribution in [3.05, 3.63) is 58.3 Å². The molecule has 1 aliphatic heterocycles. The highest BCUT2D eigenvalue weighted by Crippen LogP contribution is 2.24. The van der Waals surface area contributed by atoms with E-state index in [0.29, 0.717) is 30.8 Å². The number of para-hydroxylation sites is 1. The summed E-state index contributed by atoms with van der Waals surface area (Å²) in [6.07, 6.45) is 3.19. The molecule has 1 atom stereocenters. The summed E-state index contributed by atoms with van der Waals surface area (Å²) in [5.74, 6) is -0.584. The summed E-state index contributed by atoms with van der Waals surface area (Å²) >= 11 is 0. The average molecular weight is 437 g/mol. The van der Waals surface area contributed by atoms with Gasteiger partial charge in [-0.15, -0.1) is 0 Å². The molecule has 1 aliphatic rings. The Bertz CT molecular complexity index is 1210. The van der Waals surface area contributed by atoms with Gasteiger partial charge in [0.25, 0.3) is 5.56 Å². The van der Waals surface area contributed by atoms with Crippen LogP contribution in [0.25, 0.3) is 16.5 Å². The van der Waals surface area contributed by atoms with Gasteiger partial charge in [0.05, 0.1) is 29.8 Å². The Kier molecular flexibility index (Phi) is 6.12. The Morgan fingerprint density at radius 1 is 1.16 bits per heavy atom. The lowest BCUT2D eigenvalue weighted by molar-refractivity contribution is -0.151. The number of likely N-dealkylation sites (tertiary alicyclic amines) is 1. The van der Waals surface area contributed by atoms with Crippen molar-refractivity contribution in [1.29, 1.82) is 0 Å². The molecule has 2 aromatic heterocycles. The number of nitrogens with zero attached hydrogens (tertiary/aromatic N) is 4. The number of carbonyl (C=O) groups is 2. The fourth-order valence-corrected chi connectivity index (χ4v) is 4.49. The van der Waals surface area contributed by atoms with Crippen LogP contribution in [0.2, 0.25) is 0 Å². The van der Waals surface area contributed by atoms with Crippen molar-refractivity contribution in [1.82, 2.24) is 19.2 Å². The third-order valence-electron chi connectivity index (χ3n) is 6.23. The van der Waals surface area contributed by atoms with Crippen LogP contribution in [-0.2, 0) is 20.9 Å². The Morgan fingerprint density at radius 2 is 1.91 bits per heavy atom. The molecule has 4 rings (SSSR count). The first-order valence-corrected chi connectivity index (χ1v) is 11.0. The largest absolute Gasteiger partial charge is 0.466 e. The van der Waals surface area contributed by atoms with Gasteiger partial charge >= 0.3 is 5.97 Å². The van der Waals surface area contributed by atoms with E-state index in [1.54, 1.807) is 18.0 Å². The first-order valence-electron chi connectivity index (χ1n) is 11.0. The molecule has 0 unspecified atom stereocenters. The zero-order valence-electron chi connectivity index (χ0n) is 18.7. The first kappa shape index (κ1) is 21.8. The van der Waals surface area contributed by atoms with Gasteiger partial charge in [-0.2, -0.15) is 9.78 Å². The molecule has 0 saturated carbocycles. The SMILES string of the molecule is CCOC(=O)[C@@H]1CCCN(C(=O)Cn2c(C)c3cnn(-c4ccccc4)c(=O)c3c2C)C1. The Balaban J connectivity index is 1.62. The van der Waals surface area contributed by atoms with Crippen molar-refractivity contribution < 1.29 is 14.3 Å². The van der Waals surface area contributed by atoms with Crippen molar-refractivity contribution in [3.63, 3.8) is 0 Å². The standard InChI is InChI=1S/C24H28N4O4/c1-4-32-24(31)18-9-8-12-26(14-18)21(29)15-27-16(2)20-13-25-28(19-10-6-5-7-11-19)23(30)22(20)17(27)3/h5-7,10-11,13,18H,4,8-9,12,14-15H2,1-3H3/t18-/m1/s1. The second-order valence-corrected chi connectivity index (χ2v) is 8.17. The maximum absolute atomic E-state index is 13.2. The number of aromatic nitrogens is 3. The van der Waals surface area contributed by atoms with Crippen LogP contribution < -0.4 is 5.56 Å². The number of aryl methyl sites for hydroxylation is 2. The van der Waals surface area contributed by atoms with Gasteiger partial charge in [-0.1, -0.05) is 18.2 Å². The van der Waals surface area contributed by atoms with Crippen molar-refractivity contribution in [2.45, 2.75) is 40.2 Å². The van der Waals surface area contributed by atoms with Crippen LogP contribution in [0.1, 0.15) is 31.2 Å². The second kappa shape index (κ2) is 8.98. The molecule has 0 radical (unpaired) electrons. The highest BCUT2D eigenvalue weighted by molar-refractivity contribution is 5.88. The molecule has 1 saturated heterocycles. The van der Waals surface area contributed by atoms with E-state index in [0.717, 1.165) is 29.6 Å². The molecule has 1 amide bonds. The minimum atomic E-state index is -0.277. The predicted molar refractivity (Wildman–Crippen MR) is 121 cm³/mol. The van der Waals surface area contributed by atoms with Gasteiger partial charge in [0.2, 0.25) is 5.91 Å². The molecule has 32 heavy (non-hydrogen) atoms. The smallest absolute Gasteiger partial charge is 0.310 e. The van der Waals surface area contributed by atoms with Crippen molar-refractivity contribution in [3.8, 4) is 5.69 Å². The molecule has 3 heterocycles. The van der Waals surface area contributed by atoms with Crippen LogP contribution in [-0.4, -0.2) is 50.8 Å². The van der Waals surface area contributed by atoms with Crippen LogP contribution in [0, 0.1) is 19.8 Å². The van der Waals surface area contributed by atoms with Crippen molar-refractivity contribution in [2.24, 2.45) is 5.92 Å². The van der Waals surface area contributed by atoms with Crippen LogP contribution in [0.15, 0.2) is 41.3 Å². The van der Waals surface area contributed by atoms with E-state index in [9.17, 15) is 14.4 Å². The van der Waals surface area contributed by atoms with E-state index < -0.39 is 0 Å². The minimum absolute atomic E-state index is 0.0677. The number of esters is 1. The molecule has 1 aromatic carbocycles. The number of hydrogen-bond donors (Lipinski definition) is 0. The molecule has 0 spiro atoms. The summed E-state index contributed by atoms with van der Waals surface area (Å²) in [5.41, 5.74) is 2.05. The lowest BCUT2D eigenvalue weighted by atomic mass is 9.98. The molecular formula is C24H28N4O4. The summed E-state index contributed by atoms with van der Waals surface area (Å²) in [6.45, 7) is 6.99. The molecule has 168 valence electrons. The molecule has 0 bridgehead atoms. The van der Waals surface area contributed by atoms with E-state index in [1.165, 1.54) is 4.68 Å². The topological polar surface area (TPSA) is 86.4 Å². The fraction of sp³-hybridized carbons (Fsp3) is 0.417. The number of carbonyl (C=O) groups excluding carboxylic acids is 2. The fourth-order valence-electron chi connectivity index (χ4n) is 4.49. The van der Waals surface area contributed by atoms with Gasteiger partial charge in [0.1, 0.15) is 6.54 Å². The van der Waals surface area contributed by atoms with Crippen molar-refractivity contribution >= 4 is 22.6 Å². The molecular weight excluding hydrogens is 408 g/mol. The lowest BCUT2D eigenvalue weighted by Crippen LogP contribution is -2.44. The number of rotatable bonds is 5. The lowest BCUT2D eigenvalue weighted by Gasteiger charge is -2.32. The molecule has 0 aliphatic carbocycles. The molecule has 8 heteroatoms. The summed E-state index contributed by atoms with van der Waals surface area (Å²) in [4.78, 5) is 40.2. The second-order valence-electron chi connectivity index (χ2n) is 8.17. The van der Waals surface area contributed by atoms with Crippen LogP contribution >= 0.6 is 0 Å². The van der Waals surface area contributed by atoms with Gasteiger partial charge in [-0.05, 0) is 45.7 Å². The Hall–Kier alpha value is -3.42. The zero-order valence-corrected chi connectivity index (χ0v) is 18.7. The molecule has 3 aromatic rings. The number of benzene rings is 1. The number of hydrogen-bond acceptors (Lipinski definition) is 5. The minimum Gasteiger partial charge on any atom is -0.466 e. The number of fused-ring (bicyclic) bond motifs is 1. The van der Waals surface area contributed by atoms with Crippen LogP contribution in [0.4, 0.5) is 0 Å². The zero-order chi connectivity index (χ0) is 22.8. The van der Waals surface area contributed by atoms with Gasteiger partial charge < -0.3 is 14.2 Å². The summed E-state index contributed by atoms with van der Waals surface area (Å²) in [7, 11) is 0. The normalized spacial score (nSPS) is 16.3. The van der Waals surface area contributed by atoms with Crippen LogP contribution in [0.3, 0.4) is 0 Å². The summed E-state index contributed by atoms with van der Waals surface area (Å²) < 4.78 is 8.40. The van der Waals surface area contributed by atoms with Crippen molar-refractivity contribution in [2.75, 3.05) is 19.7 Å². The highest BCUT2D eigenvalue weighted by atomic mass is 16.5. The van der Waals surface area contributed by atoms with E-state index in [-0.39, 0.29) is 29.9 Å². The third-order valence-corrected chi connectivity index (χ3v) is 6.23. The Labute approximate surface area is 186 Å². The van der Waals surface area contributed by atoms with E-state index in [1.807, 2.05) is 48.7 Å². The molecule has 0 N–H and O–H groups in total. The Morgan fingerprint density at radius 3 is 2.62 bits per heavy atom. The first-order chi connectivity index (χ1) is 15.4. The predicted octanol–water partition coefficient (Wildman–Crippen LogP) is 2.61. The van der Waals surface area contributed by atoms with Crippen LogP contribution in [0.5, 0.6) is 0 Å².